The molecule has 1 fully saturated rings. The molecule has 0 amide bonds. The third-order valence-electron chi connectivity index (χ3n) is 4.66. The lowest BCUT2D eigenvalue weighted by atomic mass is 10.2. The van der Waals surface area contributed by atoms with E-state index in [2.05, 4.69) is 6.92 Å². The minimum absolute atomic E-state index is 0.0512. The molecule has 0 saturated heterocycles. The van der Waals surface area contributed by atoms with Crippen LogP contribution >= 0.6 is 0 Å². The molecule has 3 rings (SSSR count). The molecule has 0 unspecified atom stereocenters. The number of nitriles is 1. The summed E-state index contributed by atoms with van der Waals surface area (Å²) in [6.07, 6.45) is 1.14. The molecule has 0 aliphatic heterocycles. The summed E-state index contributed by atoms with van der Waals surface area (Å²) < 4.78 is 8.12. The van der Waals surface area contributed by atoms with Crippen LogP contribution in [0.5, 0.6) is 0 Å². The molecule has 0 bridgehead atoms. The molecule has 126 valence electrons. The normalized spacial score (nSPS) is 19.1. The first-order valence-corrected chi connectivity index (χ1v) is 7.85. The monoisotopic (exact) mass is 328 g/mol. The van der Waals surface area contributed by atoms with Crippen LogP contribution in [-0.4, -0.2) is 16.2 Å². The van der Waals surface area contributed by atoms with Gasteiger partial charge in [0.05, 0.1) is 6.54 Å². The van der Waals surface area contributed by atoms with Gasteiger partial charge in [0.1, 0.15) is 23.4 Å². The zero-order valence-electron chi connectivity index (χ0n) is 14.2. The number of aromatic nitrogens is 2. The molecule has 2 aromatic heterocycles. The Kier molecular flexibility index (Phi) is 3.84. The molecule has 0 aromatic carbocycles. The lowest BCUT2D eigenvalue weighted by Crippen LogP contribution is -2.41. The minimum Gasteiger partial charge on any atom is -0.464 e. The summed E-state index contributed by atoms with van der Waals surface area (Å²) in [5.74, 6) is 3.16. The van der Waals surface area contributed by atoms with Gasteiger partial charge in [-0.1, -0.05) is 6.92 Å². The predicted octanol–water partition coefficient (Wildman–Crippen LogP) is 1.31. The van der Waals surface area contributed by atoms with Gasteiger partial charge in [-0.25, -0.2) is 4.79 Å². The van der Waals surface area contributed by atoms with Crippen LogP contribution in [-0.2, 0) is 20.6 Å². The third kappa shape index (κ3) is 2.54. The Bertz CT molecular complexity index is 944. The van der Waals surface area contributed by atoms with Crippen LogP contribution in [0.1, 0.15) is 36.3 Å². The average molecular weight is 328 g/mol. The highest BCUT2D eigenvalue weighted by molar-refractivity contribution is 5.53. The van der Waals surface area contributed by atoms with Gasteiger partial charge in [-0.3, -0.25) is 13.9 Å². The molecule has 7 nitrogen and oxygen atoms in total. The fourth-order valence-corrected chi connectivity index (χ4v) is 3.08. The van der Waals surface area contributed by atoms with E-state index in [9.17, 15) is 14.9 Å². The Labute approximate surface area is 139 Å². The molecular formula is C17H20N4O3. The zero-order chi connectivity index (χ0) is 17.6. The molecule has 1 saturated carbocycles. The van der Waals surface area contributed by atoms with Crippen molar-refractivity contribution in [1.82, 2.24) is 9.13 Å². The van der Waals surface area contributed by atoms with Crippen molar-refractivity contribution in [2.75, 3.05) is 11.9 Å². The summed E-state index contributed by atoms with van der Waals surface area (Å²) in [6.45, 7) is 2.56. The van der Waals surface area contributed by atoms with Crippen molar-refractivity contribution < 1.29 is 4.42 Å². The highest BCUT2D eigenvalue weighted by Gasteiger charge is 2.36. The van der Waals surface area contributed by atoms with Gasteiger partial charge in [-0.05, 0) is 24.5 Å². The fourth-order valence-electron chi connectivity index (χ4n) is 3.08. The summed E-state index contributed by atoms with van der Waals surface area (Å²) >= 11 is 0. The van der Waals surface area contributed by atoms with Gasteiger partial charge < -0.3 is 9.32 Å². The molecule has 1 aliphatic carbocycles. The summed E-state index contributed by atoms with van der Waals surface area (Å²) in [5.41, 5.74) is -1.10. The van der Waals surface area contributed by atoms with E-state index in [-0.39, 0.29) is 5.56 Å². The Morgan fingerprint density at radius 2 is 2.00 bits per heavy atom. The standard InChI is InChI=1S/C17H20N4O3/c1-10-7-12(10)14-6-5-11(24-14)9-19(2)15-13(8-18)16(22)21(4)17(23)20(15)3/h5-6,10,12H,7,9H2,1-4H3/t10-,12+/m1/s1. The molecule has 0 N–H and O–H groups in total. The number of nitrogens with zero attached hydrogens (tertiary/aromatic N) is 4. The maximum atomic E-state index is 12.2. The van der Waals surface area contributed by atoms with Crippen molar-refractivity contribution in [2.24, 2.45) is 20.0 Å². The second kappa shape index (κ2) is 5.71. The SMILES string of the molecule is C[C@@H]1C[C@@H]1c1ccc(CN(C)c2c(C#N)c(=O)n(C)c(=O)n2C)o1. The van der Waals surface area contributed by atoms with Crippen molar-refractivity contribution in [3.8, 4) is 6.07 Å². The summed E-state index contributed by atoms with van der Waals surface area (Å²) in [5, 5.41) is 9.34. The molecule has 24 heavy (non-hydrogen) atoms. The van der Waals surface area contributed by atoms with Crippen LogP contribution in [0.3, 0.4) is 0 Å². The van der Waals surface area contributed by atoms with Crippen LogP contribution in [0.4, 0.5) is 5.82 Å². The highest BCUT2D eigenvalue weighted by Crippen LogP contribution is 2.47. The zero-order valence-corrected chi connectivity index (χ0v) is 14.2. The molecule has 7 heteroatoms. The quantitative estimate of drug-likeness (QED) is 0.845. The van der Waals surface area contributed by atoms with Gasteiger partial charge in [-0.2, -0.15) is 5.26 Å². The Hall–Kier alpha value is -2.75. The second-order valence-electron chi connectivity index (χ2n) is 6.50. The number of anilines is 1. The molecular weight excluding hydrogens is 308 g/mol. The number of hydrogen-bond donors (Lipinski definition) is 0. The van der Waals surface area contributed by atoms with E-state index < -0.39 is 11.2 Å². The molecule has 2 aromatic rings. The van der Waals surface area contributed by atoms with Gasteiger partial charge in [0.15, 0.2) is 5.56 Å². The lowest BCUT2D eigenvalue weighted by molar-refractivity contribution is 0.459. The largest absolute Gasteiger partial charge is 0.464 e. The number of rotatable bonds is 4. The van der Waals surface area contributed by atoms with E-state index in [1.165, 1.54) is 11.6 Å². The lowest BCUT2D eigenvalue weighted by Gasteiger charge is -2.22. The van der Waals surface area contributed by atoms with Crippen LogP contribution in [0, 0.1) is 17.2 Å². The van der Waals surface area contributed by atoms with Crippen LogP contribution in [0.25, 0.3) is 0 Å². The van der Waals surface area contributed by atoms with Crippen LogP contribution in [0.15, 0.2) is 26.1 Å². The van der Waals surface area contributed by atoms with Crippen molar-refractivity contribution in [2.45, 2.75) is 25.8 Å². The van der Waals surface area contributed by atoms with E-state index in [0.29, 0.717) is 24.2 Å². The van der Waals surface area contributed by atoms with E-state index in [1.54, 1.807) is 19.0 Å². The summed E-state index contributed by atoms with van der Waals surface area (Å²) in [4.78, 5) is 26.0. The Morgan fingerprint density at radius 1 is 1.33 bits per heavy atom. The first kappa shape index (κ1) is 16.1. The van der Waals surface area contributed by atoms with Crippen molar-refractivity contribution in [3.63, 3.8) is 0 Å². The van der Waals surface area contributed by atoms with E-state index >= 15 is 0 Å². The number of hydrogen-bond acceptors (Lipinski definition) is 5. The summed E-state index contributed by atoms with van der Waals surface area (Å²) in [7, 11) is 4.65. The first-order valence-electron chi connectivity index (χ1n) is 7.85. The number of furan rings is 1. The van der Waals surface area contributed by atoms with Gasteiger partial charge in [0.2, 0.25) is 0 Å². The predicted molar refractivity (Wildman–Crippen MR) is 89.0 cm³/mol. The minimum atomic E-state index is -0.589. The summed E-state index contributed by atoms with van der Waals surface area (Å²) in [6, 6.07) is 5.80. The Balaban J connectivity index is 1.94. The molecule has 0 radical (unpaired) electrons. The van der Waals surface area contributed by atoms with Crippen LogP contribution < -0.4 is 16.1 Å². The van der Waals surface area contributed by atoms with E-state index in [0.717, 1.165) is 22.5 Å². The Morgan fingerprint density at radius 3 is 2.58 bits per heavy atom. The molecule has 1 aliphatic rings. The van der Waals surface area contributed by atoms with E-state index in [4.69, 9.17) is 4.42 Å². The molecule has 2 atom stereocenters. The second-order valence-corrected chi connectivity index (χ2v) is 6.50. The van der Waals surface area contributed by atoms with Gasteiger partial charge in [0, 0.05) is 27.1 Å². The van der Waals surface area contributed by atoms with Crippen molar-refractivity contribution in [1.29, 1.82) is 5.26 Å². The van der Waals surface area contributed by atoms with Gasteiger partial charge in [0.25, 0.3) is 5.56 Å². The van der Waals surface area contributed by atoms with Gasteiger partial charge >= 0.3 is 5.69 Å². The maximum absolute atomic E-state index is 12.2. The smallest absolute Gasteiger partial charge is 0.332 e. The first-order chi connectivity index (χ1) is 11.3. The third-order valence-corrected chi connectivity index (χ3v) is 4.66. The van der Waals surface area contributed by atoms with Gasteiger partial charge in [-0.15, -0.1) is 0 Å². The average Bonchev–Trinajstić information content (AvgIpc) is 3.10. The van der Waals surface area contributed by atoms with Crippen LogP contribution in [0.2, 0.25) is 0 Å². The van der Waals surface area contributed by atoms with E-state index in [1.807, 2.05) is 18.2 Å². The topological polar surface area (TPSA) is 84.2 Å². The molecule has 0 spiro atoms. The van der Waals surface area contributed by atoms with Crippen molar-refractivity contribution >= 4 is 5.82 Å². The van der Waals surface area contributed by atoms with Crippen molar-refractivity contribution in [3.05, 3.63) is 50.1 Å². The molecule has 2 heterocycles. The highest BCUT2D eigenvalue weighted by atomic mass is 16.3. The maximum Gasteiger partial charge on any atom is 0.332 e. The fraction of sp³-hybridized carbons (Fsp3) is 0.471.